The number of nitrogens with two attached hydrogens (primary N) is 1. The number of rotatable bonds is 17. The van der Waals surface area contributed by atoms with Crippen LogP contribution in [0.5, 0.6) is 11.5 Å². The van der Waals surface area contributed by atoms with Crippen LogP contribution in [0.25, 0.3) is 11.4 Å². The second-order valence-electron chi connectivity index (χ2n) is 20.6. The topological polar surface area (TPSA) is 252 Å². The molecule has 0 radical (unpaired) electrons. The van der Waals surface area contributed by atoms with Gasteiger partial charge in [-0.05, 0) is 91.4 Å². The Bertz CT molecular complexity index is 3620. The standard InChI is InChI=1S/C27H31ClN6O5S.C27H28ClN5O4S/c1-27(8-9-27)18-39-24-23(16-30-34(26(24)35)22-7-3-6-21(28)15-22)32-10-12-33(13-11-32)40(37,38)17-19-4-2-5-20(14-19)25(29)31-36;1-27(8-9-27)19-37-25-24(17-30-33(26(25)34)23-7-3-6-22(28)15-23)31-10-12-32(13-11-31)38(35,36)18-21-5-2-4-20(14-21)16-29/h2-7,14-16,36H,8-13,17-18H2,1H3,(H2,29,31);2-7,14-15,17H,8-13,18-19H2,1H3. The Balaban J connectivity index is 0.000000190. The number of oxime groups is 1. The first kappa shape index (κ1) is 55.7. The summed E-state index contributed by atoms with van der Waals surface area (Å²) in [5.74, 6) is -0.0827. The molecule has 4 fully saturated rings. The summed E-state index contributed by atoms with van der Waals surface area (Å²) in [5.41, 5.74) is 9.09. The van der Waals surface area contributed by atoms with Crippen molar-refractivity contribution in [2.45, 2.75) is 51.0 Å². The predicted octanol–water partition coefficient (Wildman–Crippen LogP) is 6.40. The summed E-state index contributed by atoms with van der Waals surface area (Å²) in [7, 11) is -7.22. The maximum atomic E-state index is 13.6. The van der Waals surface area contributed by atoms with Crippen LogP contribution < -0.4 is 36.1 Å². The third-order valence-electron chi connectivity index (χ3n) is 14.3. The lowest BCUT2D eigenvalue weighted by atomic mass is 10.1. The van der Waals surface area contributed by atoms with E-state index in [-0.39, 0.29) is 71.4 Å². The number of piperazine rings is 2. The molecule has 20 nitrogen and oxygen atoms in total. The number of anilines is 2. The predicted molar refractivity (Wildman–Crippen MR) is 298 cm³/mol. The van der Waals surface area contributed by atoms with Gasteiger partial charge in [-0.1, -0.05) is 84.7 Å². The number of benzene rings is 4. The summed E-state index contributed by atoms with van der Waals surface area (Å²) < 4.78 is 70.3. The molecule has 4 heterocycles. The number of hydrogen-bond acceptors (Lipinski definition) is 15. The van der Waals surface area contributed by atoms with Crippen molar-refractivity contribution in [3.63, 3.8) is 0 Å². The molecular formula is C54H59Cl2N11O9S2. The van der Waals surface area contributed by atoms with Gasteiger partial charge in [0.15, 0.2) is 5.84 Å². The highest BCUT2D eigenvalue weighted by Crippen LogP contribution is 2.46. The highest BCUT2D eigenvalue weighted by atomic mass is 35.5. The molecule has 0 spiro atoms. The minimum atomic E-state index is -3.64. The van der Waals surface area contributed by atoms with Gasteiger partial charge in [-0.15, -0.1) is 0 Å². The number of amidine groups is 1. The van der Waals surface area contributed by atoms with Gasteiger partial charge in [-0.2, -0.15) is 33.4 Å². The van der Waals surface area contributed by atoms with Crippen LogP contribution in [0.1, 0.15) is 61.8 Å². The van der Waals surface area contributed by atoms with Gasteiger partial charge >= 0.3 is 11.1 Å². The average molecular weight is 1140 g/mol. The van der Waals surface area contributed by atoms with E-state index >= 15 is 0 Å². The zero-order valence-electron chi connectivity index (χ0n) is 43.0. The van der Waals surface area contributed by atoms with Crippen molar-refractivity contribution in [1.82, 2.24) is 28.2 Å². The minimum Gasteiger partial charge on any atom is -0.486 e. The molecular weight excluding hydrogens is 1080 g/mol. The van der Waals surface area contributed by atoms with Gasteiger partial charge in [0.05, 0.1) is 60.1 Å². The van der Waals surface area contributed by atoms with Gasteiger partial charge in [0, 0.05) is 78.8 Å². The highest BCUT2D eigenvalue weighted by Gasteiger charge is 2.40. The fourth-order valence-electron chi connectivity index (χ4n) is 9.00. The van der Waals surface area contributed by atoms with Crippen LogP contribution in [0.2, 0.25) is 10.0 Å². The first-order chi connectivity index (χ1) is 37.3. The van der Waals surface area contributed by atoms with Crippen molar-refractivity contribution in [3.05, 3.63) is 162 Å². The van der Waals surface area contributed by atoms with Crippen molar-refractivity contribution in [1.29, 1.82) is 5.26 Å². The maximum Gasteiger partial charge on any atom is 0.316 e. The van der Waals surface area contributed by atoms with E-state index in [1.54, 1.807) is 109 Å². The molecule has 2 aliphatic carbocycles. The summed E-state index contributed by atoms with van der Waals surface area (Å²) in [6.45, 7) is 7.54. The van der Waals surface area contributed by atoms with Gasteiger partial charge in [0.1, 0.15) is 11.4 Å². The lowest BCUT2D eigenvalue weighted by Gasteiger charge is -2.35. The molecule has 6 aromatic rings. The molecule has 3 N–H and O–H groups in total. The minimum absolute atomic E-state index is 0.0473. The molecule has 2 aliphatic heterocycles. The molecule has 78 heavy (non-hydrogen) atoms. The van der Waals surface area contributed by atoms with Crippen molar-refractivity contribution in [3.8, 4) is 28.9 Å². The lowest BCUT2D eigenvalue weighted by Crippen LogP contribution is -2.49. The lowest BCUT2D eigenvalue weighted by molar-refractivity contribution is 0.242. The number of nitrogens with zero attached hydrogens (tertiary/aromatic N) is 10. The second-order valence-corrected chi connectivity index (χ2v) is 25.4. The van der Waals surface area contributed by atoms with Crippen LogP contribution in [0, 0.1) is 22.2 Å². The molecule has 2 saturated heterocycles. The summed E-state index contributed by atoms with van der Waals surface area (Å²) in [6.07, 6.45) is 7.36. The number of halogens is 2. The van der Waals surface area contributed by atoms with Crippen LogP contribution in [-0.4, -0.2) is 122 Å². The van der Waals surface area contributed by atoms with Gasteiger partial charge in [0.2, 0.25) is 31.5 Å². The monoisotopic (exact) mass is 1140 g/mol. The SMILES string of the molecule is CC1(COc2c(N3CCN(S(=O)(=O)Cc4cccc(/C(N)=N/O)c4)CC3)cnn(-c3cccc(Cl)c3)c2=O)CC1.CC1(COc2c(N3CCN(S(=O)(=O)Cc4cccc(C#N)c4)CC3)cnn(-c3cccc(Cl)c3)c2=O)CC1. The maximum absolute atomic E-state index is 13.6. The van der Waals surface area contributed by atoms with Crippen molar-refractivity contribution >= 4 is 60.5 Å². The molecule has 2 saturated carbocycles. The zero-order valence-corrected chi connectivity index (χ0v) is 46.2. The van der Waals surface area contributed by atoms with Crippen LogP contribution in [-0.2, 0) is 31.6 Å². The van der Waals surface area contributed by atoms with Gasteiger partial charge in [-0.25, -0.2) is 16.8 Å². The summed E-state index contributed by atoms with van der Waals surface area (Å²) >= 11 is 12.3. The van der Waals surface area contributed by atoms with Crippen molar-refractivity contribution in [2.24, 2.45) is 21.7 Å². The Kier molecular flexibility index (Phi) is 16.5. The smallest absolute Gasteiger partial charge is 0.316 e. The largest absolute Gasteiger partial charge is 0.486 e. The Hall–Kier alpha value is -7.00. The molecule has 0 amide bonds. The third-order valence-corrected chi connectivity index (χ3v) is 18.5. The molecule has 4 aromatic carbocycles. The van der Waals surface area contributed by atoms with E-state index in [2.05, 4.69) is 29.2 Å². The summed E-state index contributed by atoms with van der Waals surface area (Å²) in [5, 5.41) is 30.8. The molecule has 4 aliphatic rings. The van der Waals surface area contributed by atoms with Crippen LogP contribution in [0.3, 0.4) is 0 Å². The van der Waals surface area contributed by atoms with Crippen LogP contribution in [0.4, 0.5) is 11.4 Å². The Labute approximate surface area is 462 Å². The Morgan fingerprint density at radius 2 is 1.08 bits per heavy atom. The molecule has 2 aromatic heterocycles. The molecule has 0 bridgehead atoms. The van der Waals surface area contributed by atoms with E-state index in [4.69, 9.17) is 48.9 Å². The van der Waals surface area contributed by atoms with Crippen molar-refractivity contribution in [2.75, 3.05) is 75.4 Å². The average Bonchev–Trinajstić information content (AvgIpc) is 4.37. The number of hydrogen-bond donors (Lipinski definition) is 2. The zero-order chi connectivity index (χ0) is 55.4. The molecule has 0 unspecified atom stereocenters. The van der Waals surface area contributed by atoms with Crippen molar-refractivity contribution < 1.29 is 31.5 Å². The summed E-state index contributed by atoms with van der Waals surface area (Å²) in [6, 6.07) is 29.0. The van der Waals surface area contributed by atoms with Gasteiger partial charge in [-0.3, -0.25) is 9.59 Å². The number of sulfonamides is 2. The van der Waals surface area contributed by atoms with E-state index in [0.29, 0.717) is 94.4 Å². The van der Waals surface area contributed by atoms with E-state index < -0.39 is 25.6 Å². The second kappa shape index (κ2) is 23.1. The number of ether oxygens (including phenoxy) is 2. The quantitative estimate of drug-likeness (QED) is 0.0434. The normalized spacial score (nSPS) is 17.3. The Morgan fingerprint density at radius 3 is 1.49 bits per heavy atom. The van der Waals surface area contributed by atoms with E-state index in [1.165, 1.54) is 18.0 Å². The van der Waals surface area contributed by atoms with E-state index in [9.17, 15) is 26.4 Å². The summed E-state index contributed by atoms with van der Waals surface area (Å²) in [4.78, 5) is 31.0. The van der Waals surface area contributed by atoms with E-state index in [1.807, 2.05) is 15.9 Å². The fourth-order valence-corrected chi connectivity index (χ4v) is 12.4. The van der Waals surface area contributed by atoms with Gasteiger partial charge < -0.3 is 30.2 Å². The number of aromatic nitrogens is 4. The fraction of sp³-hybridized carbons (Fsp3) is 0.370. The van der Waals surface area contributed by atoms with Gasteiger partial charge in [0.25, 0.3) is 0 Å². The van der Waals surface area contributed by atoms with E-state index in [0.717, 1.165) is 25.7 Å². The van der Waals surface area contributed by atoms with Crippen LogP contribution in [0.15, 0.2) is 124 Å². The Morgan fingerprint density at radius 1 is 0.654 bits per heavy atom. The molecule has 0 atom stereocenters. The third kappa shape index (κ3) is 13.3. The highest BCUT2D eigenvalue weighted by molar-refractivity contribution is 7.88. The number of nitriles is 1. The molecule has 10 rings (SSSR count). The molecule has 24 heteroatoms. The first-order valence-electron chi connectivity index (χ1n) is 25.3. The first-order valence-corrected chi connectivity index (χ1v) is 29.3. The van der Waals surface area contributed by atoms with Crippen LogP contribution >= 0.6 is 23.2 Å². The molecule has 410 valence electrons.